The maximum atomic E-state index is 12.7. The van der Waals surface area contributed by atoms with Gasteiger partial charge in [0.05, 0.1) is 0 Å². The highest BCUT2D eigenvalue weighted by Gasteiger charge is 2.41. The smallest absolute Gasteiger partial charge is 0.260 e. The normalized spacial score (nSPS) is 10.3. The average molecular weight is 284 g/mol. The van der Waals surface area contributed by atoms with E-state index < -0.39 is 5.79 Å². The Morgan fingerprint density at radius 1 is 0.857 bits per heavy atom. The predicted octanol–water partition coefficient (Wildman–Crippen LogP) is 3.05. The first-order valence-electron chi connectivity index (χ1n) is 6.20. The summed E-state index contributed by atoms with van der Waals surface area (Å²) in [5.74, 6) is -1.62. The molecule has 0 aliphatic carbocycles. The van der Waals surface area contributed by atoms with Gasteiger partial charge in [-0.1, -0.05) is 60.7 Å². The summed E-state index contributed by atoms with van der Waals surface area (Å²) >= 11 is 0. The summed E-state index contributed by atoms with van der Waals surface area (Å²) < 4.78 is 10.8. The largest absolute Gasteiger partial charge is 0.343 e. The Morgan fingerprint density at radius 3 is 1.71 bits per heavy atom. The zero-order chi connectivity index (χ0) is 15.7. The van der Waals surface area contributed by atoms with Crippen molar-refractivity contribution in [2.45, 2.75) is 5.79 Å². The van der Waals surface area contributed by atoms with Gasteiger partial charge >= 0.3 is 0 Å². The molecule has 2 aromatic carbocycles. The summed E-state index contributed by atoms with van der Waals surface area (Å²) in [6.07, 6.45) is 0. The molecule has 0 radical (unpaired) electrons. The number of methoxy groups -OCH3 is 2. The minimum Gasteiger partial charge on any atom is -0.343 e. The van der Waals surface area contributed by atoms with E-state index in [4.69, 9.17) is 20.3 Å². The third-order valence-electron chi connectivity index (χ3n) is 3.06. The molecular formula is C16H16N2O3. The van der Waals surface area contributed by atoms with Crippen LogP contribution in [-0.4, -0.2) is 20.0 Å². The first kappa shape index (κ1) is 16.5. The van der Waals surface area contributed by atoms with Crippen LogP contribution < -0.4 is 0 Å². The van der Waals surface area contributed by atoms with Crippen LogP contribution in [0.5, 0.6) is 0 Å². The molecule has 0 heterocycles. The van der Waals surface area contributed by atoms with Gasteiger partial charge in [0, 0.05) is 36.1 Å². The maximum Gasteiger partial charge on any atom is 0.260 e. The topological polar surface area (TPSA) is 83.1 Å². The van der Waals surface area contributed by atoms with E-state index >= 15 is 0 Å². The van der Waals surface area contributed by atoms with Crippen LogP contribution in [0.4, 0.5) is 0 Å². The number of benzene rings is 2. The molecular weight excluding hydrogens is 268 g/mol. The van der Waals surface area contributed by atoms with E-state index in [9.17, 15) is 4.79 Å². The van der Waals surface area contributed by atoms with Crippen molar-refractivity contribution >= 4 is 5.78 Å². The highest BCUT2D eigenvalue weighted by molar-refractivity contribution is 6.02. The lowest BCUT2D eigenvalue weighted by atomic mass is 9.96. The number of Topliss-reactive ketones (excluding diaryl/α,β-unsaturated/α-hetero) is 1. The van der Waals surface area contributed by atoms with Crippen LogP contribution in [0.2, 0.25) is 0 Å². The number of hydrogen-bond acceptors (Lipinski definition) is 5. The number of ether oxygens (including phenoxy) is 2. The summed E-state index contributed by atoms with van der Waals surface area (Å²) in [7, 11) is 2.94. The lowest BCUT2D eigenvalue weighted by Crippen LogP contribution is -2.39. The first-order chi connectivity index (χ1) is 10.2. The van der Waals surface area contributed by atoms with Crippen molar-refractivity contribution in [1.82, 2.24) is 0 Å². The van der Waals surface area contributed by atoms with Crippen LogP contribution in [-0.2, 0) is 15.3 Å². The Balaban J connectivity index is 0.00000106. The Kier molecular flexibility index (Phi) is 6.21. The second-order valence-corrected chi connectivity index (χ2v) is 4.09. The molecule has 0 spiro atoms. The number of nitrogens with zero attached hydrogens (tertiary/aromatic N) is 2. The third kappa shape index (κ3) is 3.31. The van der Waals surface area contributed by atoms with Crippen LogP contribution in [0.3, 0.4) is 0 Å². The van der Waals surface area contributed by atoms with Gasteiger partial charge in [0.2, 0.25) is 5.78 Å². The zero-order valence-corrected chi connectivity index (χ0v) is 11.9. The molecule has 0 amide bonds. The van der Waals surface area contributed by atoms with Crippen LogP contribution in [0.1, 0.15) is 15.9 Å². The molecule has 5 nitrogen and oxygen atoms in total. The Bertz CT molecular complexity index is 578. The SMILES string of the molecule is COC(OC)(C(=O)c1ccccc1)c1ccccc1.N#N. The first-order valence-corrected chi connectivity index (χ1v) is 6.20. The summed E-state index contributed by atoms with van der Waals surface area (Å²) in [4.78, 5) is 12.7. The molecule has 0 aliphatic rings. The van der Waals surface area contributed by atoms with E-state index in [1.807, 2.05) is 48.5 Å². The molecule has 0 atom stereocenters. The molecule has 21 heavy (non-hydrogen) atoms. The summed E-state index contributed by atoms with van der Waals surface area (Å²) in [6.45, 7) is 0. The highest BCUT2D eigenvalue weighted by atomic mass is 16.7. The predicted molar refractivity (Wildman–Crippen MR) is 76.4 cm³/mol. The van der Waals surface area contributed by atoms with Gasteiger partial charge in [-0.2, -0.15) is 0 Å². The quantitative estimate of drug-likeness (QED) is 0.478. The molecule has 2 rings (SSSR count). The molecule has 5 heteroatoms. The van der Waals surface area contributed by atoms with E-state index in [1.54, 1.807) is 12.1 Å². The minimum absolute atomic E-state index is 0.218. The average Bonchev–Trinajstić information content (AvgIpc) is 2.60. The number of carbonyl (C=O) groups is 1. The van der Waals surface area contributed by atoms with E-state index in [0.29, 0.717) is 11.1 Å². The van der Waals surface area contributed by atoms with Crippen molar-refractivity contribution in [1.29, 1.82) is 10.8 Å². The fraction of sp³-hybridized carbons (Fsp3) is 0.188. The maximum absolute atomic E-state index is 12.7. The van der Waals surface area contributed by atoms with E-state index in [-0.39, 0.29) is 5.78 Å². The molecule has 0 fully saturated rings. The third-order valence-corrected chi connectivity index (χ3v) is 3.06. The van der Waals surface area contributed by atoms with Crippen LogP contribution in [0.25, 0.3) is 0 Å². The van der Waals surface area contributed by atoms with Crippen molar-refractivity contribution in [2.24, 2.45) is 0 Å². The van der Waals surface area contributed by atoms with Gasteiger partial charge in [-0.05, 0) is 0 Å². The van der Waals surface area contributed by atoms with Crippen LogP contribution in [0.15, 0.2) is 60.7 Å². The van der Waals surface area contributed by atoms with E-state index in [2.05, 4.69) is 0 Å². The molecule has 108 valence electrons. The zero-order valence-electron chi connectivity index (χ0n) is 11.9. The van der Waals surface area contributed by atoms with Gasteiger partial charge in [0.15, 0.2) is 0 Å². The van der Waals surface area contributed by atoms with Crippen molar-refractivity contribution in [2.75, 3.05) is 14.2 Å². The summed E-state index contributed by atoms with van der Waals surface area (Å²) in [5, 5.41) is 12.0. The fourth-order valence-corrected chi connectivity index (χ4v) is 2.07. The van der Waals surface area contributed by atoms with Gasteiger partial charge in [-0.25, -0.2) is 0 Å². The van der Waals surface area contributed by atoms with E-state index in [1.165, 1.54) is 14.2 Å². The van der Waals surface area contributed by atoms with Gasteiger partial charge in [-0.3, -0.25) is 4.79 Å². The lowest BCUT2D eigenvalue weighted by Gasteiger charge is -2.29. The number of carbonyl (C=O) groups excluding carboxylic acids is 1. The Hall–Kier alpha value is -2.55. The van der Waals surface area contributed by atoms with Crippen LogP contribution in [0, 0.1) is 10.8 Å². The van der Waals surface area contributed by atoms with Gasteiger partial charge in [0.25, 0.3) is 5.79 Å². The minimum atomic E-state index is -1.40. The van der Waals surface area contributed by atoms with Crippen LogP contribution >= 0.6 is 0 Å². The van der Waals surface area contributed by atoms with Crippen molar-refractivity contribution in [3.05, 3.63) is 71.8 Å². The van der Waals surface area contributed by atoms with Gasteiger partial charge in [0.1, 0.15) is 0 Å². The summed E-state index contributed by atoms with van der Waals surface area (Å²) in [5.41, 5.74) is 1.23. The second kappa shape index (κ2) is 7.90. The molecule has 0 aromatic heterocycles. The highest BCUT2D eigenvalue weighted by Crippen LogP contribution is 2.30. The molecule has 0 aliphatic heterocycles. The number of hydrogen-bond donors (Lipinski definition) is 0. The fourth-order valence-electron chi connectivity index (χ4n) is 2.07. The molecule has 0 saturated heterocycles. The molecule has 2 aromatic rings. The molecule has 0 bridgehead atoms. The summed E-state index contributed by atoms with van der Waals surface area (Å²) in [6, 6.07) is 18.2. The standard InChI is InChI=1S/C16H16O3.N2/c1-18-16(19-2,14-11-7-4-8-12-14)15(17)13-9-5-3-6-10-13;1-2/h3-12H,1-2H3;. The molecule has 0 saturated carbocycles. The second-order valence-electron chi connectivity index (χ2n) is 4.09. The lowest BCUT2D eigenvalue weighted by molar-refractivity contribution is -0.176. The molecule has 0 N–H and O–H groups in total. The van der Waals surface area contributed by atoms with Crippen molar-refractivity contribution < 1.29 is 14.3 Å². The van der Waals surface area contributed by atoms with E-state index in [0.717, 1.165) is 0 Å². The molecule has 0 unspecified atom stereocenters. The van der Waals surface area contributed by atoms with Gasteiger partial charge in [-0.15, -0.1) is 0 Å². The van der Waals surface area contributed by atoms with Crippen molar-refractivity contribution in [3.8, 4) is 0 Å². The Labute approximate surface area is 123 Å². The van der Waals surface area contributed by atoms with Gasteiger partial charge < -0.3 is 9.47 Å². The van der Waals surface area contributed by atoms with Crippen molar-refractivity contribution in [3.63, 3.8) is 0 Å². The number of ketones is 1. The number of rotatable bonds is 5. The Morgan fingerprint density at radius 2 is 1.29 bits per heavy atom. The monoisotopic (exact) mass is 284 g/mol.